The molecule has 1 aliphatic heterocycles. The fourth-order valence-corrected chi connectivity index (χ4v) is 3.42. The van der Waals surface area contributed by atoms with Gasteiger partial charge in [0.2, 0.25) is 0 Å². The SMILES string of the molecule is CCC1(CC)CC(Nc2cc(Br)cc(C(=O)O)c2)CCO1. The van der Waals surface area contributed by atoms with Gasteiger partial charge in [-0.05, 0) is 43.9 Å². The summed E-state index contributed by atoms with van der Waals surface area (Å²) in [5.74, 6) is -0.914. The average Bonchev–Trinajstić information content (AvgIpc) is 2.46. The van der Waals surface area contributed by atoms with Crippen LogP contribution in [0.4, 0.5) is 5.69 Å². The molecule has 0 amide bonds. The summed E-state index contributed by atoms with van der Waals surface area (Å²) in [6.07, 6.45) is 3.90. The molecule has 0 aromatic heterocycles. The molecular weight excluding hydrogens is 334 g/mol. The molecule has 21 heavy (non-hydrogen) atoms. The summed E-state index contributed by atoms with van der Waals surface area (Å²) in [5.41, 5.74) is 1.09. The van der Waals surface area contributed by atoms with Crippen molar-refractivity contribution in [2.45, 2.75) is 51.2 Å². The van der Waals surface area contributed by atoms with Crippen LogP contribution in [0.1, 0.15) is 49.9 Å². The van der Waals surface area contributed by atoms with Crippen molar-refractivity contribution in [2.75, 3.05) is 11.9 Å². The van der Waals surface area contributed by atoms with Gasteiger partial charge >= 0.3 is 5.97 Å². The van der Waals surface area contributed by atoms with Crippen LogP contribution in [0.15, 0.2) is 22.7 Å². The summed E-state index contributed by atoms with van der Waals surface area (Å²) in [5, 5.41) is 12.6. The molecular formula is C16H22BrNO3. The Labute approximate surface area is 134 Å². The number of benzene rings is 1. The van der Waals surface area contributed by atoms with Crippen molar-refractivity contribution in [2.24, 2.45) is 0 Å². The van der Waals surface area contributed by atoms with Gasteiger partial charge in [0.1, 0.15) is 0 Å². The Morgan fingerprint density at radius 2 is 2.14 bits per heavy atom. The Kier molecular flexibility index (Phi) is 5.27. The molecule has 2 N–H and O–H groups in total. The maximum absolute atomic E-state index is 11.1. The van der Waals surface area contributed by atoms with Gasteiger partial charge in [0.25, 0.3) is 0 Å². The highest BCUT2D eigenvalue weighted by Gasteiger charge is 2.34. The number of hydrogen-bond donors (Lipinski definition) is 2. The molecule has 0 bridgehead atoms. The van der Waals surface area contributed by atoms with Crippen molar-refractivity contribution in [3.05, 3.63) is 28.2 Å². The zero-order valence-corrected chi connectivity index (χ0v) is 14.1. The van der Waals surface area contributed by atoms with E-state index in [1.54, 1.807) is 12.1 Å². The van der Waals surface area contributed by atoms with E-state index in [0.29, 0.717) is 6.04 Å². The first-order valence-electron chi connectivity index (χ1n) is 7.42. The highest BCUT2D eigenvalue weighted by Crippen LogP contribution is 2.33. The standard InChI is InChI=1S/C16H22BrNO3/c1-3-16(4-2)10-13(5-6-21-16)18-14-8-11(15(19)20)7-12(17)9-14/h7-9,13,18H,3-6,10H2,1-2H3,(H,19,20). The molecule has 1 fully saturated rings. The lowest BCUT2D eigenvalue weighted by molar-refractivity contribution is -0.0864. The van der Waals surface area contributed by atoms with Gasteiger partial charge in [-0.2, -0.15) is 0 Å². The third kappa shape index (κ3) is 3.98. The number of aromatic carboxylic acids is 1. The van der Waals surface area contributed by atoms with Gasteiger partial charge in [0.05, 0.1) is 11.2 Å². The third-order valence-corrected chi connectivity index (χ3v) is 4.76. The van der Waals surface area contributed by atoms with Crippen LogP contribution in [0.2, 0.25) is 0 Å². The van der Waals surface area contributed by atoms with E-state index in [2.05, 4.69) is 35.1 Å². The molecule has 1 aliphatic rings. The van der Waals surface area contributed by atoms with Crippen molar-refractivity contribution < 1.29 is 14.6 Å². The van der Waals surface area contributed by atoms with Crippen LogP contribution in [-0.4, -0.2) is 29.3 Å². The molecule has 2 rings (SSSR count). The molecule has 1 saturated heterocycles. The second-order valence-corrected chi connectivity index (χ2v) is 6.52. The van der Waals surface area contributed by atoms with Gasteiger partial charge in [0, 0.05) is 22.8 Å². The van der Waals surface area contributed by atoms with Gasteiger partial charge in [0.15, 0.2) is 0 Å². The molecule has 0 spiro atoms. The molecule has 0 saturated carbocycles. The Hall–Kier alpha value is -1.07. The largest absolute Gasteiger partial charge is 0.478 e. The number of ether oxygens (including phenoxy) is 1. The number of carboxylic acid groups (broad SMARTS) is 1. The predicted molar refractivity (Wildman–Crippen MR) is 87.0 cm³/mol. The van der Waals surface area contributed by atoms with Crippen molar-refractivity contribution in [1.82, 2.24) is 0 Å². The maximum atomic E-state index is 11.1. The Balaban J connectivity index is 2.12. The topological polar surface area (TPSA) is 58.6 Å². The normalized spacial score (nSPS) is 21.0. The molecule has 4 nitrogen and oxygen atoms in total. The molecule has 116 valence electrons. The highest BCUT2D eigenvalue weighted by atomic mass is 79.9. The number of halogens is 1. The van der Waals surface area contributed by atoms with Crippen LogP contribution >= 0.6 is 15.9 Å². The second kappa shape index (κ2) is 6.79. The highest BCUT2D eigenvalue weighted by molar-refractivity contribution is 9.10. The number of carboxylic acids is 1. The molecule has 1 heterocycles. The number of carbonyl (C=O) groups is 1. The van der Waals surface area contributed by atoms with Crippen molar-refractivity contribution in [3.63, 3.8) is 0 Å². The van der Waals surface area contributed by atoms with E-state index in [1.807, 2.05) is 6.07 Å². The van der Waals surface area contributed by atoms with Crippen LogP contribution in [-0.2, 0) is 4.74 Å². The van der Waals surface area contributed by atoms with E-state index in [9.17, 15) is 4.79 Å². The van der Waals surface area contributed by atoms with Crippen molar-refractivity contribution in [1.29, 1.82) is 0 Å². The van der Waals surface area contributed by atoms with Crippen molar-refractivity contribution >= 4 is 27.6 Å². The number of anilines is 1. The van der Waals surface area contributed by atoms with Crippen molar-refractivity contribution in [3.8, 4) is 0 Å². The molecule has 0 aliphatic carbocycles. The monoisotopic (exact) mass is 355 g/mol. The van der Waals surface area contributed by atoms with E-state index in [0.717, 1.165) is 42.5 Å². The first-order valence-corrected chi connectivity index (χ1v) is 8.21. The number of rotatable bonds is 5. The maximum Gasteiger partial charge on any atom is 0.335 e. The fourth-order valence-electron chi connectivity index (χ4n) is 2.93. The lowest BCUT2D eigenvalue weighted by Gasteiger charge is -2.40. The molecule has 1 atom stereocenters. The van der Waals surface area contributed by atoms with Gasteiger partial charge in [-0.1, -0.05) is 29.8 Å². The second-order valence-electron chi connectivity index (χ2n) is 5.61. The molecule has 1 unspecified atom stereocenters. The van der Waals surface area contributed by atoms with Crippen LogP contribution in [0.5, 0.6) is 0 Å². The molecule has 1 aromatic rings. The molecule has 1 aromatic carbocycles. The zero-order valence-electron chi connectivity index (χ0n) is 12.5. The minimum atomic E-state index is -0.914. The summed E-state index contributed by atoms with van der Waals surface area (Å²) in [7, 11) is 0. The Morgan fingerprint density at radius 1 is 1.43 bits per heavy atom. The van der Waals surface area contributed by atoms with E-state index in [1.165, 1.54) is 0 Å². The predicted octanol–water partition coefficient (Wildman–Crippen LogP) is 4.30. The van der Waals surface area contributed by atoms with E-state index >= 15 is 0 Å². The smallest absolute Gasteiger partial charge is 0.335 e. The summed E-state index contributed by atoms with van der Waals surface area (Å²) >= 11 is 3.37. The average molecular weight is 356 g/mol. The first-order chi connectivity index (χ1) is 9.98. The lowest BCUT2D eigenvalue weighted by Crippen LogP contribution is -2.43. The van der Waals surface area contributed by atoms with Crippen LogP contribution < -0.4 is 5.32 Å². The van der Waals surface area contributed by atoms with E-state index < -0.39 is 5.97 Å². The Bertz CT molecular complexity index is 514. The van der Waals surface area contributed by atoms with E-state index in [4.69, 9.17) is 9.84 Å². The van der Waals surface area contributed by atoms with Gasteiger partial charge in [-0.3, -0.25) is 0 Å². The van der Waals surface area contributed by atoms with Gasteiger partial charge in [-0.25, -0.2) is 4.79 Å². The van der Waals surface area contributed by atoms with E-state index in [-0.39, 0.29) is 11.2 Å². The van der Waals surface area contributed by atoms with Gasteiger partial charge < -0.3 is 15.2 Å². The summed E-state index contributed by atoms with van der Waals surface area (Å²) < 4.78 is 6.75. The Morgan fingerprint density at radius 3 is 2.76 bits per heavy atom. The summed E-state index contributed by atoms with van der Waals surface area (Å²) in [6.45, 7) is 5.07. The van der Waals surface area contributed by atoms with Crippen LogP contribution in [0, 0.1) is 0 Å². The number of hydrogen-bond acceptors (Lipinski definition) is 3. The molecule has 5 heteroatoms. The lowest BCUT2D eigenvalue weighted by atomic mass is 9.86. The minimum absolute atomic E-state index is 0.0441. The van der Waals surface area contributed by atoms with Crippen LogP contribution in [0.25, 0.3) is 0 Å². The zero-order chi connectivity index (χ0) is 15.5. The molecule has 0 radical (unpaired) electrons. The third-order valence-electron chi connectivity index (χ3n) is 4.30. The quantitative estimate of drug-likeness (QED) is 0.826. The minimum Gasteiger partial charge on any atom is -0.478 e. The van der Waals surface area contributed by atoms with Crippen LogP contribution in [0.3, 0.4) is 0 Å². The fraction of sp³-hybridized carbons (Fsp3) is 0.562. The summed E-state index contributed by atoms with van der Waals surface area (Å²) in [4.78, 5) is 11.1. The first kappa shape index (κ1) is 16.3. The van der Waals surface area contributed by atoms with Gasteiger partial charge in [-0.15, -0.1) is 0 Å². The number of nitrogens with one attached hydrogen (secondary N) is 1. The summed E-state index contributed by atoms with van der Waals surface area (Å²) in [6, 6.07) is 5.53.